The van der Waals surface area contributed by atoms with Gasteiger partial charge >= 0.3 is 0 Å². The molecule has 2 atom stereocenters. The van der Waals surface area contributed by atoms with E-state index in [2.05, 4.69) is 52.5 Å². The molecule has 0 amide bonds. The molecule has 1 saturated carbocycles. The summed E-state index contributed by atoms with van der Waals surface area (Å²) in [5.41, 5.74) is 5.14. The minimum absolute atomic E-state index is 0.135. The van der Waals surface area contributed by atoms with E-state index in [1.54, 1.807) is 7.11 Å². The van der Waals surface area contributed by atoms with Crippen LogP contribution in [0.15, 0.2) is 24.3 Å². The second-order valence-corrected chi connectivity index (χ2v) is 9.49. The van der Waals surface area contributed by atoms with Crippen LogP contribution in [0.2, 0.25) is 0 Å². The Kier molecular flexibility index (Phi) is 5.04. The zero-order valence-electron chi connectivity index (χ0n) is 18.8. The molecule has 1 aromatic carbocycles. The monoisotopic (exact) mass is 421 g/mol. The lowest BCUT2D eigenvalue weighted by molar-refractivity contribution is 0.405. The molecule has 1 fully saturated rings. The lowest BCUT2D eigenvalue weighted by atomic mass is 9.93. The molecule has 31 heavy (non-hydrogen) atoms. The highest BCUT2D eigenvalue weighted by Gasteiger charge is 2.48. The third kappa shape index (κ3) is 3.73. The van der Waals surface area contributed by atoms with Crippen molar-refractivity contribution in [3.05, 3.63) is 52.6 Å². The van der Waals surface area contributed by atoms with E-state index >= 15 is 0 Å². The van der Waals surface area contributed by atoms with Crippen molar-refractivity contribution in [1.29, 1.82) is 0 Å². The van der Waals surface area contributed by atoms with Crippen LogP contribution in [0.4, 0.5) is 0 Å². The second-order valence-electron chi connectivity index (χ2n) is 9.49. The number of tetrazole rings is 1. The van der Waals surface area contributed by atoms with E-state index < -0.39 is 0 Å². The number of aryl methyl sites for hydroxylation is 1. The normalized spacial score (nSPS) is 20.3. The minimum atomic E-state index is -0.135. The van der Waals surface area contributed by atoms with Crippen molar-refractivity contribution in [2.24, 2.45) is 12.5 Å². The highest BCUT2D eigenvalue weighted by molar-refractivity contribution is 5.36. The maximum atomic E-state index is 5.55. The van der Waals surface area contributed by atoms with Gasteiger partial charge in [-0.2, -0.15) is 5.10 Å². The maximum Gasteiger partial charge on any atom is 0.174 e. The van der Waals surface area contributed by atoms with Crippen molar-refractivity contribution >= 4 is 0 Å². The third-order valence-electron chi connectivity index (χ3n) is 6.88. The Balaban J connectivity index is 1.54. The Bertz CT molecular complexity index is 1080. The van der Waals surface area contributed by atoms with E-state index in [-0.39, 0.29) is 11.5 Å². The van der Waals surface area contributed by atoms with E-state index in [0.29, 0.717) is 12.6 Å². The fourth-order valence-corrected chi connectivity index (χ4v) is 4.79. The van der Waals surface area contributed by atoms with Crippen LogP contribution in [-0.4, -0.2) is 43.1 Å². The second kappa shape index (κ2) is 7.75. The molecule has 2 heterocycles. The number of rotatable bonds is 7. The number of aromatic nitrogens is 6. The standard InChI is InChI=1S/C23H31N7O/c1-23(2)13-19(23)24-21(20-16-10-6-7-11-17(16)29(3)26-20)22-25-27-28-30(22)14-15-9-5-8-12-18(15)31-4/h5,8-9,12,19,21,24H,6-7,10-11,13-14H2,1-4H3. The molecule has 2 aromatic heterocycles. The van der Waals surface area contributed by atoms with E-state index in [1.807, 2.05) is 22.9 Å². The highest BCUT2D eigenvalue weighted by Crippen LogP contribution is 2.46. The zero-order valence-corrected chi connectivity index (χ0v) is 18.8. The number of nitrogens with zero attached hydrogens (tertiary/aromatic N) is 6. The summed E-state index contributed by atoms with van der Waals surface area (Å²) in [5.74, 6) is 1.65. The van der Waals surface area contributed by atoms with Crippen LogP contribution in [0.1, 0.15) is 67.5 Å². The third-order valence-corrected chi connectivity index (χ3v) is 6.88. The largest absolute Gasteiger partial charge is 0.496 e. The number of ether oxygens (including phenoxy) is 1. The Labute approximate surface area is 183 Å². The minimum Gasteiger partial charge on any atom is -0.496 e. The first-order valence-electron chi connectivity index (χ1n) is 11.2. The number of benzene rings is 1. The van der Waals surface area contributed by atoms with E-state index in [1.165, 1.54) is 24.1 Å². The molecule has 164 valence electrons. The fraction of sp³-hybridized carbons (Fsp3) is 0.565. The van der Waals surface area contributed by atoms with Gasteiger partial charge in [0.1, 0.15) is 11.8 Å². The molecule has 5 rings (SSSR count). The van der Waals surface area contributed by atoms with Crippen molar-refractivity contribution in [2.75, 3.05) is 7.11 Å². The van der Waals surface area contributed by atoms with Gasteiger partial charge in [-0.25, -0.2) is 4.68 Å². The maximum absolute atomic E-state index is 5.55. The van der Waals surface area contributed by atoms with Gasteiger partial charge in [0.15, 0.2) is 5.82 Å². The zero-order chi connectivity index (χ0) is 21.6. The average Bonchev–Trinajstić information content (AvgIpc) is 3.09. The van der Waals surface area contributed by atoms with Gasteiger partial charge in [0.2, 0.25) is 0 Å². The van der Waals surface area contributed by atoms with Gasteiger partial charge in [0, 0.05) is 24.3 Å². The van der Waals surface area contributed by atoms with Crippen molar-refractivity contribution < 1.29 is 4.74 Å². The topological polar surface area (TPSA) is 82.7 Å². The van der Waals surface area contributed by atoms with Crippen molar-refractivity contribution in [3.63, 3.8) is 0 Å². The summed E-state index contributed by atoms with van der Waals surface area (Å²) in [6, 6.07) is 8.30. The molecule has 0 spiro atoms. The van der Waals surface area contributed by atoms with Crippen LogP contribution < -0.4 is 10.1 Å². The lowest BCUT2D eigenvalue weighted by Crippen LogP contribution is -2.31. The average molecular weight is 422 g/mol. The molecule has 3 aromatic rings. The Hall–Kier alpha value is -2.74. The molecule has 0 bridgehead atoms. The van der Waals surface area contributed by atoms with E-state index in [0.717, 1.165) is 42.1 Å². The predicted octanol–water partition coefficient (Wildman–Crippen LogP) is 2.82. The van der Waals surface area contributed by atoms with Crippen LogP contribution in [0.3, 0.4) is 0 Å². The highest BCUT2D eigenvalue weighted by atomic mass is 16.5. The molecular formula is C23H31N7O. The number of nitrogens with one attached hydrogen (secondary N) is 1. The van der Waals surface area contributed by atoms with Crippen molar-refractivity contribution in [1.82, 2.24) is 35.3 Å². The smallest absolute Gasteiger partial charge is 0.174 e. The van der Waals surface area contributed by atoms with Gasteiger partial charge in [0.05, 0.1) is 19.3 Å². The van der Waals surface area contributed by atoms with Crippen molar-refractivity contribution in [3.8, 4) is 5.75 Å². The Morgan fingerprint density at radius 2 is 2.00 bits per heavy atom. The molecule has 0 saturated heterocycles. The van der Waals surface area contributed by atoms with Gasteiger partial charge in [0.25, 0.3) is 0 Å². The summed E-state index contributed by atoms with van der Waals surface area (Å²) in [7, 11) is 3.75. The summed E-state index contributed by atoms with van der Waals surface area (Å²) < 4.78 is 9.49. The molecule has 8 heteroatoms. The van der Waals surface area contributed by atoms with Crippen LogP contribution in [0.5, 0.6) is 5.75 Å². The lowest BCUT2D eigenvalue weighted by Gasteiger charge is -2.21. The molecule has 2 aliphatic carbocycles. The van der Waals surface area contributed by atoms with Gasteiger partial charge in [-0.15, -0.1) is 5.10 Å². The van der Waals surface area contributed by atoms with Crippen molar-refractivity contribution in [2.45, 2.75) is 64.6 Å². The SMILES string of the molecule is COc1ccccc1Cn1nnnc1C(NC1CC1(C)C)c1nn(C)c2c1CCCC2. The summed E-state index contributed by atoms with van der Waals surface area (Å²) >= 11 is 0. The molecule has 0 radical (unpaired) electrons. The van der Waals surface area contributed by atoms with Gasteiger partial charge in [-0.05, 0) is 59.6 Å². The summed E-state index contributed by atoms with van der Waals surface area (Å²) in [5, 5.41) is 21.7. The van der Waals surface area contributed by atoms with Crippen LogP contribution in [0, 0.1) is 5.41 Å². The summed E-state index contributed by atoms with van der Waals surface area (Å²) in [6.45, 7) is 5.15. The van der Waals surface area contributed by atoms with Gasteiger partial charge in [-0.1, -0.05) is 32.0 Å². The molecule has 2 unspecified atom stereocenters. The first kappa shape index (κ1) is 20.2. The molecule has 2 aliphatic rings. The van der Waals surface area contributed by atoms with Gasteiger partial charge in [-0.3, -0.25) is 10.00 Å². The predicted molar refractivity (Wildman–Crippen MR) is 117 cm³/mol. The van der Waals surface area contributed by atoms with E-state index in [9.17, 15) is 0 Å². The number of para-hydroxylation sites is 1. The first-order chi connectivity index (χ1) is 15.0. The number of hydrogen-bond donors (Lipinski definition) is 1. The Morgan fingerprint density at radius 3 is 2.77 bits per heavy atom. The molecule has 8 nitrogen and oxygen atoms in total. The number of methoxy groups -OCH3 is 1. The van der Waals surface area contributed by atoms with Crippen LogP contribution in [-0.2, 0) is 26.4 Å². The summed E-state index contributed by atoms with van der Waals surface area (Å²) in [4.78, 5) is 0. The first-order valence-corrected chi connectivity index (χ1v) is 11.2. The molecule has 0 aliphatic heterocycles. The van der Waals surface area contributed by atoms with Crippen LogP contribution in [0.25, 0.3) is 0 Å². The quantitative estimate of drug-likeness (QED) is 0.632. The number of hydrogen-bond acceptors (Lipinski definition) is 6. The Morgan fingerprint density at radius 1 is 1.23 bits per heavy atom. The molecule has 1 N–H and O–H groups in total. The van der Waals surface area contributed by atoms with Gasteiger partial charge < -0.3 is 4.74 Å². The molecular weight excluding hydrogens is 390 g/mol. The van der Waals surface area contributed by atoms with E-state index in [4.69, 9.17) is 9.84 Å². The fourth-order valence-electron chi connectivity index (χ4n) is 4.79. The summed E-state index contributed by atoms with van der Waals surface area (Å²) in [6.07, 6.45) is 5.74. The van der Waals surface area contributed by atoms with Crippen LogP contribution >= 0.6 is 0 Å². The number of fused-ring (bicyclic) bond motifs is 1.